The van der Waals surface area contributed by atoms with Crippen LogP contribution in [0.25, 0.3) is 0 Å². The van der Waals surface area contributed by atoms with Crippen molar-refractivity contribution in [3.63, 3.8) is 0 Å². The van der Waals surface area contributed by atoms with Crippen molar-refractivity contribution < 1.29 is 18.7 Å². The number of hydrogen-bond donors (Lipinski definition) is 1. The van der Waals surface area contributed by atoms with Gasteiger partial charge in [-0.15, -0.1) is 0 Å². The van der Waals surface area contributed by atoms with Gasteiger partial charge >= 0.3 is 5.97 Å². The Morgan fingerprint density at radius 2 is 2.18 bits per heavy atom. The second-order valence-electron chi connectivity index (χ2n) is 3.03. The Bertz CT molecular complexity index is 514. The Labute approximate surface area is 97.6 Å². The average Bonchev–Trinajstić information content (AvgIpc) is 2.28. The fourth-order valence-electron chi connectivity index (χ4n) is 1.10. The molecule has 1 aromatic rings. The van der Waals surface area contributed by atoms with Crippen molar-refractivity contribution in [3.8, 4) is 11.8 Å². The van der Waals surface area contributed by atoms with E-state index in [1.165, 1.54) is 12.1 Å². The molecule has 0 saturated heterocycles. The minimum Gasteiger partial charge on any atom is -0.462 e. The molecule has 4 nitrogen and oxygen atoms in total. The van der Waals surface area contributed by atoms with Crippen LogP contribution >= 0.6 is 0 Å². The summed E-state index contributed by atoms with van der Waals surface area (Å²) in [7, 11) is 0. The Kier molecular flexibility index (Phi) is 4.23. The Morgan fingerprint density at radius 1 is 1.47 bits per heavy atom. The maximum absolute atomic E-state index is 13.3. The van der Waals surface area contributed by atoms with Gasteiger partial charge in [-0.1, -0.05) is 5.92 Å². The number of nitrogens with two attached hydrogens (primary N) is 1. The van der Waals surface area contributed by atoms with E-state index in [-0.39, 0.29) is 12.2 Å². The van der Waals surface area contributed by atoms with Crippen LogP contribution in [0.1, 0.15) is 22.8 Å². The summed E-state index contributed by atoms with van der Waals surface area (Å²) < 4.78 is 18.0. The summed E-state index contributed by atoms with van der Waals surface area (Å²) in [5, 5.41) is 0. The molecule has 0 unspecified atom stereocenters. The summed E-state index contributed by atoms with van der Waals surface area (Å²) in [6.07, 6.45) is 0. The average molecular weight is 235 g/mol. The molecule has 1 amide bonds. The zero-order valence-electron chi connectivity index (χ0n) is 9.12. The van der Waals surface area contributed by atoms with Crippen LogP contribution in [-0.4, -0.2) is 18.5 Å². The number of amides is 1. The lowest BCUT2D eigenvalue weighted by Gasteiger charge is -2.03. The quantitative estimate of drug-likeness (QED) is 0.610. The molecule has 88 valence electrons. The third-order valence-electron chi connectivity index (χ3n) is 1.79. The second-order valence-corrected chi connectivity index (χ2v) is 3.03. The maximum atomic E-state index is 13.3. The predicted molar refractivity (Wildman–Crippen MR) is 58.4 cm³/mol. The molecule has 0 bridgehead atoms. The first-order chi connectivity index (χ1) is 8.04. The highest BCUT2D eigenvalue weighted by atomic mass is 19.1. The molecule has 0 heterocycles. The van der Waals surface area contributed by atoms with Crippen LogP contribution in [0.4, 0.5) is 4.39 Å². The smallest absolute Gasteiger partial charge is 0.341 e. The minimum absolute atomic E-state index is 0.148. The standard InChI is InChI=1S/C12H10FNO3/c1-2-17-12(16)9-7-8(3-5-10(9)13)4-6-11(14)15/h3,5,7H,2H2,1H3,(H2,14,15). The zero-order valence-corrected chi connectivity index (χ0v) is 9.12. The number of benzene rings is 1. The van der Waals surface area contributed by atoms with Crippen LogP contribution < -0.4 is 5.73 Å². The van der Waals surface area contributed by atoms with Crippen LogP contribution in [-0.2, 0) is 9.53 Å². The summed E-state index contributed by atoms with van der Waals surface area (Å²) >= 11 is 0. The van der Waals surface area contributed by atoms with Crippen molar-refractivity contribution in [3.05, 3.63) is 35.1 Å². The molecule has 5 heteroatoms. The molecule has 0 fully saturated rings. The molecule has 17 heavy (non-hydrogen) atoms. The van der Waals surface area contributed by atoms with E-state index in [4.69, 9.17) is 5.73 Å². The third-order valence-corrected chi connectivity index (χ3v) is 1.79. The van der Waals surface area contributed by atoms with Gasteiger partial charge in [0.25, 0.3) is 5.91 Å². The normalized spacial score (nSPS) is 9.06. The van der Waals surface area contributed by atoms with Gasteiger partial charge in [0.15, 0.2) is 0 Å². The van der Waals surface area contributed by atoms with Crippen molar-refractivity contribution in [1.82, 2.24) is 0 Å². The van der Waals surface area contributed by atoms with Gasteiger partial charge < -0.3 is 10.5 Å². The molecular formula is C12H10FNO3. The molecule has 0 spiro atoms. The Balaban J connectivity index is 3.07. The predicted octanol–water partition coefficient (Wildman–Crippen LogP) is 0.839. The molecular weight excluding hydrogens is 225 g/mol. The molecule has 0 aliphatic heterocycles. The summed E-state index contributed by atoms with van der Waals surface area (Å²) in [6.45, 7) is 1.77. The topological polar surface area (TPSA) is 69.4 Å². The van der Waals surface area contributed by atoms with E-state index in [1.54, 1.807) is 6.92 Å². The molecule has 1 rings (SSSR count). The van der Waals surface area contributed by atoms with E-state index in [0.717, 1.165) is 6.07 Å². The van der Waals surface area contributed by atoms with E-state index < -0.39 is 17.7 Å². The lowest BCUT2D eigenvalue weighted by Crippen LogP contribution is -2.08. The van der Waals surface area contributed by atoms with Crippen molar-refractivity contribution in [2.75, 3.05) is 6.61 Å². The number of carbonyl (C=O) groups is 2. The first kappa shape index (κ1) is 12.7. The second kappa shape index (κ2) is 5.66. The number of halogens is 1. The van der Waals surface area contributed by atoms with E-state index in [2.05, 4.69) is 16.6 Å². The highest BCUT2D eigenvalue weighted by Gasteiger charge is 2.12. The fourth-order valence-corrected chi connectivity index (χ4v) is 1.10. The van der Waals surface area contributed by atoms with Crippen LogP contribution in [0.3, 0.4) is 0 Å². The number of esters is 1. The fraction of sp³-hybridized carbons (Fsp3) is 0.167. The molecule has 2 N–H and O–H groups in total. The van der Waals surface area contributed by atoms with Gasteiger partial charge in [0.1, 0.15) is 5.82 Å². The molecule has 1 aromatic carbocycles. The van der Waals surface area contributed by atoms with Crippen LogP contribution in [0.5, 0.6) is 0 Å². The molecule has 0 aliphatic carbocycles. The van der Waals surface area contributed by atoms with Gasteiger partial charge in [0.05, 0.1) is 12.2 Å². The van der Waals surface area contributed by atoms with E-state index in [0.29, 0.717) is 5.56 Å². The van der Waals surface area contributed by atoms with Crippen molar-refractivity contribution in [2.45, 2.75) is 6.92 Å². The van der Waals surface area contributed by atoms with Crippen molar-refractivity contribution >= 4 is 11.9 Å². The molecule has 0 aromatic heterocycles. The lowest BCUT2D eigenvalue weighted by atomic mass is 10.1. The van der Waals surface area contributed by atoms with Crippen molar-refractivity contribution in [1.29, 1.82) is 0 Å². The Hall–Kier alpha value is -2.35. The molecule has 0 saturated carbocycles. The van der Waals surface area contributed by atoms with Crippen LogP contribution in [0.2, 0.25) is 0 Å². The maximum Gasteiger partial charge on any atom is 0.341 e. The summed E-state index contributed by atoms with van der Waals surface area (Å²) in [6, 6.07) is 3.63. The van der Waals surface area contributed by atoms with Gasteiger partial charge in [0.2, 0.25) is 0 Å². The zero-order chi connectivity index (χ0) is 12.8. The van der Waals surface area contributed by atoms with Gasteiger partial charge in [-0.25, -0.2) is 9.18 Å². The number of carbonyl (C=O) groups excluding carboxylic acids is 2. The number of ether oxygens (including phenoxy) is 1. The van der Waals surface area contributed by atoms with Crippen LogP contribution in [0.15, 0.2) is 18.2 Å². The van der Waals surface area contributed by atoms with Gasteiger partial charge in [-0.05, 0) is 31.0 Å². The van der Waals surface area contributed by atoms with E-state index >= 15 is 0 Å². The van der Waals surface area contributed by atoms with Gasteiger partial charge in [-0.2, -0.15) is 0 Å². The number of rotatable bonds is 2. The third kappa shape index (κ3) is 3.61. The number of hydrogen-bond acceptors (Lipinski definition) is 3. The Morgan fingerprint density at radius 3 is 2.76 bits per heavy atom. The van der Waals surface area contributed by atoms with Crippen molar-refractivity contribution in [2.24, 2.45) is 5.73 Å². The van der Waals surface area contributed by atoms with E-state index in [1.807, 2.05) is 0 Å². The first-order valence-corrected chi connectivity index (χ1v) is 4.82. The van der Waals surface area contributed by atoms with Gasteiger partial charge in [0, 0.05) is 5.56 Å². The largest absolute Gasteiger partial charge is 0.462 e. The molecule has 0 atom stereocenters. The molecule has 0 radical (unpaired) electrons. The van der Waals surface area contributed by atoms with Gasteiger partial charge in [-0.3, -0.25) is 4.79 Å². The first-order valence-electron chi connectivity index (χ1n) is 4.82. The monoisotopic (exact) mass is 235 g/mol. The highest BCUT2D eigenvalue weighted by molar-refractivity contribution is 5.93. The summed E-state index contributed by atoms with van der Waals surface area (Å²) in [5.74, 6) is 2.23. The van der Waals surface area contributed by atoms with E-state index in [9.17, 15) is 14.0 Å². The summed E-state index contributed by atoms with van der Waals surface area (Å²) in [4.78, 5) is 21.8. The van der Waals surface area contributed by atoms with Crippen LogP contribution in [0, 0.1) is 17.7 Å². The summed E-state index contributed by atoms with van der Waals surface area (Å²) in [5.41, 5.74) is 4.93. The highest BCUT2D eigenvalue weighted by Crippen LogP contribution is 2.11. The lowest BCUT2D eigenvalue weighted by molar-refractivity contribution is -0.112. The SMILES string of the molecule is CCOC(=O)c1cc(C#CC(N)=O)ccc1F. The minimum atomic E-state index is -0.799. The number of primary amides is 1. The molecule has 0 aliphatic rings.